The van der Waals surface area contributed by atoms with Gasteiger partial charge in [-0.2, -0.15) is 0 Å². The molecule has 0 fully saturated rings. The highest BCUT2D eigenvalue weighted by atomic mass is 127. The van der Waals surface area contributed by atoms with E-state index in [4.69, 9.17) is 0 Å². The number of nitrogens with zero attached hydrogens (tertiary/aromatic N) is 2. The Bertz CT molecular complexity index is 642. The maximum Gasteiger partial charge on any atom is 0.191 e. The molecule has 0 aliphatic heterocycles. The van der Waals surface area contributed by atoms with Crippen LogP contribution in [0.3, 0.4) is 0 Å². The third-order valence-electron chi connectivity index (χ3n) is 3.62. The molecule has 25 heavy (non-hydrogen) atoms. The number of aliphatic hydroxyl groups is 1. The highest BCUT2D eigenvalue weighted by Gasteiger charge is 2.23. The highest BCUT2D eigenvalue weighted by Crippen LogP contribution is 2.25. The number of aryl methyl sites for hydroxylation is 1. The molecule has 0 aromatic carbocycles. The lowest BCUT2D eigenvalue weighted by Gasteiger charge is -2.20. The minimum Gasteiger partial charge on any atom is -0.383 e. The number of rotatable bonds is 7. The molecule has 0 spiro atoms. The number of halogens is 1. The SMILES string of the molecule is CCNC(=NCC(C)(O)c1cccs1)NCCc1ccc(C)nc1.I. The molecular formula is C18H27IN4OS. The van der Waals surface area contributed by atoms with Gasteiger partial charge in [-0.05, 0) is 50.3 Å². The number of guanidine groups is 1. The van der Waals surface area contributed by atoms with E-state index in [0.29, 0.717) is 6.54 Å². The van der Waals surface area contributed by atoms with E-state index in [2.05, 4.69) is 26.7 Å². The maximum absolute atomic E-state index is 10.6. The average molecular weight is 474 g/mol. The molecule has 0 bridgehead atoms. The molecule has 0 amide bonds. The van der Waals surface area contributed by atoms with Crippen molar-refractivity contribution in [3.8, 4) is 0 Å². The summed E-state index contributed by atoms with van der Waals surface area (Å²) in [7, 11) is 0. The number of pyridine rings is 1. The van der Waals surface area contributed by atoms with E-state index >= 15 is 0 Å². The van der Waals surface area contributed by atoms with Gasteiger partial charge < -0.3 is 15.7 Å². The molecule has 3 N–H and O–H groups in total. The standard InChI is InChI=1S/C18H26N4OS.HI/c1-4-19-17(20-10-9-15-8-7-14(2)21-12-15)22-13-18(3,23)16-6-5-11-24-16;/h5-8,11-12,23H,4,9-10,13H2,1-3H3,(H2,19,20,22);1H. The first-order chi connectivity index (χ1) is 11.5. The molecule has 138 valence electrons. The molecule has 7 heteroatoms. The fourth-order valence-electron chi connectivity index (χ4n) is 2.21. The Morgan fingerprint density at radius 3 is 2.72 bits per heavy atom. The van der Waals surface area contributed by atoms with Crippen molar-refractivity contribution in [1.82, 2.24) is 15.6 Å². The van der Waals surface area contributed by atoms with Crippen LogP contribution >= 0.6 is 35.3 Å². The van der Waals surface area contributed by atoms with Gasteiger partial charge >= 0.3 is 0 Å². The molecule has 0 saturated heterocycles. The van der Waals surface area contributed by atoms with Crippen LogP contribution in [0.5, 0.6) is 0 Å². The first-order valence-electron chi connectivity index (χ1n) is 8.21. The van der Waals surface area contributed by atoms with E-state index in [0.717, 1.165) is 36.0 Å². The zero-order valence-corrected chi connectivity index (χ0v) is 18.1. The summed E-state index contributed by atoms with van der Waals surface area (Å²) in [5.74, 6) is 0.717. The Balaban J connectivity index is 0.00000312. The van der Waals surface area contributed by atoms with Gasteiger partial charge in [0.05, 0.1) is 6.54 Å². The number of nitrogens with one attached hydrogen (secondary N) is 2. The van der Waals surface area contributed by atoms with E-state index in [1.54, 1.807) is 18.3 Å². The molecule has 2 heterocycles. The van der Waals surface area contributed by atoms with Crippen molar-refractivity contribution < 1.29 is 5.11 Å². The summed E-state index contributed by atoms with van der Waals surface area (Å²) in [6.07, 6.45) is 2.78. The normalized spacial score (nSPS) is 13.7. The quantitative estimate of drug-likeness (QED) is 0.328. The van der Waals surface area contributed by atoms with Gasteiger partial charge in [0, 0.05) is 29.9 Å². The molecule has 2 rings (SSSR count). The Hall–Kier alpha value is -1.19. The van der Waals surface area contributed by atoms with Crippen molar-refractivity contribution in [2.24, 2.45) is 4.99 Å². The lowest BCUT2D eigenvalue weighted by Crippen LogP contribution is -2.39. The van der Waals surface area contributed by atoms with Gasteiger partial charge in [-0.3, -0.25) is 4.98 Å². The van der Waals surface area contributed by atoms with E-state index in [9.17, 15) is 5.11 Å². The van der Waals surface area contributed by atoms with Crippen LogP contribution in [0.15, 0.2) is 40.8 Å². The van der Waals surface area contributed by atoms with Crippen molar-refractivity contribution >= 4 is 41.3 Å². The van der Waals surface area contributed by atoms with Gasteiger partial charge in [0.2, 0.25) is 0 Å². The minimum absolute atomic E-state index is 0. The Kier molecular flexibility index (Phi) is 9.37. The van der Waals surface area contributed by atoms with Gasteiger partial charge in [0.15, 0.2) is 5.96 Å². The van der Waals surface area contributed by atoms with Gasteiger partial charge in [-0.25, -0.2) is 4.99 Å². The van der Waals surface area contributed by atoms with Crippen molar-refractivity contribution in [3.63, 3.8) is 0 Å². The topological polar surface area (TPSA) is 69.5 Å². The van der Waals surface area contributed by atoms with Crippen LogP contribution in [0.25, 0.3) is 0 Å². The van der Waals surface area contributed by atoms with Crippen molar-refractivity contribution in [2.75, 3.05) is 19.6 Å². The van der Waals surface area contributed by atoms with Crippen molar-refractivity contribution in [2.45, 2.75) is 32.8 Å². The fourth-order valence-corrected chi connectivity index (χ4v) is 2.99. The summed E-state index contributed by atoms with van der Waals surface area (Å²) in [4.78, 5) is 9.75. The zero-order valence-electron chi connectivity index (χ0n) is 15.0. The van der Waals surface area contributed by atoms with Crippen LogP contribution in [0.4, 0.5) is 0 Å². The second-order valence-electron chi connectivity index (χ2n) is 5.93. The minimum atomic E-state index is -0.947. The fraction of sp³-hybridized carbons (Fsp3) is 0.444. The summed E-state index contributed by atoms with van der Waals surface area (Å²) in [6, 6.07) is 7.99. The molecule has 1 unspecified atom stereocenters. The van der Waals surface area contributed by atoms with Crippen molar-refractivity contribution in [3.05, 3.63) is 52.0 Å². The van der Waals surface area contributed by atoms with Crippen LogP contribution in [0.2, 0.25) is 0 Å². The Morgan fingerprint density at radius 1 is 1.32 bits per heavy atom. The third kappa shape index (κ3) is 7.29. The Labute approximate surface area is 171 Å². The smallest absolute Gasteiger partial charge is 0.191 e. The van der Waals surface area contributed by atoms with Gasteiger partial charge in [0.25, 0.3) is 0 Å². The predicted octanol–water partition coefficient (Wildman–Crippen LogP) is 3.07. The molecule has 0 aliphatic rings. The van der Waals surface area contributed by atoms with Crippen LogP contribution in [-0.4, -0.2) is 35.7 Å². The average Bonchev–Trinajstić information content (AvgIpc) is 3.10. The van der Waals surface area contributed by atoms with E-state index in [-0.39, 0.29) is 24.0 Å². The molecule has 0 aliphatic carbocycles. The van der Waals surface area contributed by atoms with Crippen molar-refractivity contribution in [1.29, 1.82) is 0 Å². The molecule has 0 radical (unpaired) electrons. The van der Waals surface area contributed by atoms with E-state index < -0.39 is 5.60 Å². The summed E-state index contributed by atoms with van der Waals surface area (Å²) in [5.41, 5.74) is 1.27. The summed E-state index contributed by atoms with van der Waals surface area (Å²) in [5, 5.41) is 19.0. The van der Waals surface area contributed by atoms with Gasteiger partial charge in [-0.1, -0.05) is 12.1 Å². The molecular weight excluding hydrogens is 447 g/mol. The maximum atomic E-state index is 10.6. The third-order valence-corrected chi connectivity index (χ3v) is 4.74. The number of thiophene rings is 1. The van der Waals surface area contributed by atoms with E-state index in [1.165, 1.54) is 5.56 Å². The number of aliphatic imine (C=N–C) groups is 1. The first-order valence-corrected chi connectivity index (χ1v) is 9.09. The lowest BCUT2D eigenvalue weighted by atomic mass is 10.1. The summed E-state index contributed by atoms with van der Waals surface area (Å²) < 4.78 is 0. The van der Waals surface area contributed by atoms with Crippen LogP contribution < -0.4 is 10.6 Å². The predicted molar refractivity (Wildman–Crippen MR) is 116 cm³/mol. The molecule has 2 aromatic heterocycles. The Morgan fingerprint density at radius 2 is 2.12 bits per heavy atom. The summed E-state index contributed by atoms with van der Waals surface area (Å²) >= 11 is 1.54. The summed E-state index contributed by atoms with van der Waals surface area (Å²) in [6.45, 7) is 7.66. The highest BCUT2D eigenvalue weighted by molar-refractivity contribution is 14.0. The van der Waals surface area contributed by atoms with Gasteiger partial charge in [-0.15, -0.1) is 35.3 Å². The second kappa shape index (κ2) is 10.7. The molecule has 5 nitrogen and oxygen atoms in total. The van der Waals surface area contributed by atoms with Crippen LogP contribution in [0.1, 0.15) is 30.0 Å². The lowest BCUT2D eigenvalue weighted by molar-refractivity contribution is 0.0711. The van der Waals surface area contributed by atoms with E-state index in [1.807, 2.05) is 43.6 Å². The molecule has 2 aromatic rings. The number of hydrogen-bond donors (Lipinski definition) is 3. The first kappa shape index (κ1) is 21.9. The monoisotopic (exact) mass is 474 g/mol. The largest absolute Gasteiger partial charge is 0.383 e. The molecule has 0 saturated carbocycles. The number of aromatic nitrogens is 1. The zero-order chi connectivity index (χ0) is 17.4. The van der Waals surface area contributed by atoms with Crippen LogP contribution in [-0.2, 0) is 12.0 Å². The molecule has 1 atom stereocenters. The number of hydrogen-bond acceptors (Lipinski definition) is 4. The van der Waals surface area contributed by atoms with Crippen LogP contribution in [0, 0.1) is 6.92 Å². The second-order valence-corrected chi connectivity index (χ2v) is 6.88. The van der Waals surface area contributed by atoms with Gasteiger partial charge in [0.1, 0.15) is 5.60 Å².